The average molecular weight is 352 g/mol. The number of β-amino-alcohol motifs (C(OH)–C–C–N with tert-alkyl or cyclic N) is 1. The summed E-state index contributed by atoms with van der Waals surface area (Å²) in [6, 6.07) is 14.4. The first-order chi connectivity index (χ1) is 11.0. The molecule has 0 radical (unpaired) electrons. The average Bonchev–Trinajstić information content (AvgIpc) is 2.53. The molecule has 120 valence electrons. The second-order valence-electron chi connectivity index (χ2n) is 5.56. The van der Waals surface area contributed by atoms with E-state index in [9.17, 15) is 9.90 Å². The molecule has 23 heavy (non-hydrogen) atoms. The largest absolute Gasteiger partial charge is 0.445 e. The van der Waals surface area contributed by atoms with E-state index >= 15 is 0 Å². The summed E-state index contributed by atoms with van der Waals surface area (Å²) in [4.78, 5) is 13.4. The maximum Gasteiger partial charge on any atom is 0.410 e. The quantitative estimate of drug-likeness (QED) is 0.913. The van der Waals surface area contributed by atoms with Crippen LogP contribution >= 0.6 is 23.2 Å². The molecule has 0 atom stereocenters. The SMILES string of the molecule is O=C(OCc1ccccc1)N1CC(O)(c2ccc(Cl)c(Cl)c2)C1. The predicted octanol–water partition coefficient (Wildman–Crippen LogP) is 3.83. The summed E-state index contributed by atoms with van der Waals surface area (Å²) < 4.78 is 5.23. The molecule has 1 amide bonds. The van der Waals surface area contributed by atoms with Gasteiger partial charge in [-0.25, -0.2) is 4.79 Å². The van der Waals surface area contributed by atoms with Crippen LogP contribution in [-0.4, -0.2) is 29.2 Å². The summed E-state index contributed by atoms with van der Waals surface area (Å²) in [6.45, 7) is 0.540. The number of carbonyl (C=O) groups excluding carboxylic acids is 1. The van der Waals surface area contributed by atoms with Gasteiger partial charge in [-0.1, -0.05) is 59.6 Å². The zero-order valence-electron chi connectivity index (χ0n) is 12.2. The minimum absolute atomic E-state index is 0.165. The Balaban J connectivity index is 1.57. The van der Waals surface area contributed by atoms with E-state index in [4.69, 9.17) is 27.9 Å². The van der Waals surface area contributed by atoms with Crippen molar-refractivity contribution >= 4 is 29.3 Å². The van der Waals surface area contributed by atoms with Gasteiger partial charge in [0.2, 0.25) is 0 Å². The lowest BCUT2D eigenvalue weighted by atomic mass is 9.86. The molecule has 1 aliphatic rings. The van der Waals surface area contributed by atoms with Crippen molar-refractivity contribution < 1.29 is 14.6 Å². The highest BCUT2D eigenvalue weighted by molar-refractivity contribution is 6.42. The fourth-order valence-electron chi connectivity index (χ4n) is 2.49. The summed E-state index contributed by atoms with van der Waals surface area (Å²) in [5, 5.41) is 11.4. The molecule has 0 aromatic heterocycles. The van der Waals surface area contributed by atoms with Crippen LogP contribution in [0.3, 0.4) is 0 Å². The van der Waals surface area contributed by atoms with Crippen molar-refractivity contribution in [1.29, 1.82) is 0 Å². The standard InChI is InChI=1S/C17H15Cl2NO3/c18-14-7-6-13(8-15(14)19)17(22)10-20(11-17)16(21)23-9-12-4-2-1-3-5-12/h1-8,22H,9-11H2. The van der Waals surface area contributed by atoms with E-state index in [1.807, 2.05) is 30.3 Å². The molecule has 0 bridgehead atoms. The maximum atomic E-state index is 12.0. The molecule has 1 aliphatic heterocycles. The Bertz CT molecular complexity index is 715. The lowest BCUT2D eigenvalue weighted by Gasteiger charge is -2.45. The number of rotatable bonds is 3. The Morgan fingerprint density at radius 3 is 2.48 bits per heavy atom. The van der Waals surface area contributed by atoms with Crippen LogP contribution in [0.1, 0.15) is 11.1 Å². The molecule has 2 aromatic rings. The second-order valence-corrected chi connectivity index (χ2v) is 6.37. The van der Waals surface area contributed by atoms with Gasteiger partial charge in [0.05, 0.1) is 23.1 Å². The van der Waals surface area contributed by atoms with Gasteiger partial charge in [0, 0.05) is 0 Å². The number of carbonyl (C=O) groups is 1. The summed E-state index contributed by atoms with van der Waals surface area (Å²) in [5.41, 5.74) is 0.445. The van der Waals surface area contributed by atoms with Crippen molar-refractivity contribution in [1.82, 2.24) is 4.90 Å². The third-order valence-corrected chi connectivity index (χ3v) is 4.56. The number of halogens is 2. The molecular weight excluding hydrogens is 337 g/mol. The molecule has 1 heterocycles. The first-order valence-corrected chi connectivity index (χ1v) is 7.87. The Morgan fingerprint density at radius 1 is 1.13 bits per heavy atom. The summed E-state index contributed by atoms with van der Waals surface area (Å²) >= 11 is 11.8. The lowest BCUT2D eigenvalue weighted by Crippen LogP contribution is -2.61. The molecule has 0 saturated carbocycles. The topological polar surface area (TPSA) is 49.8 Å². The molecule has 1 N–H and O–H groups in total. The minimum atomic E-state index is -1.11. The van der Waals surface area contributed by atoms with Crippen LogP contribution < -0.4 is 0 Å². The second kappa shape index (κ2) is 6.40. The van der Waals surface area contributed by atoms with Crippen molar-refractivity contribution in [2.45, 2.75) is 12.2 Å². The maximum absolute atomic E-state index is 12.0. The number of amides is 1. The zero-order valence-corrected chi connectivity index (χ0v) is 13.7. The molecule has 0 spiro atoms. The number of likely N-dealkylation sites (tertiary alicyclic amines) is 1. The van der Waals surface area contributed by atoms with Gasteiger partial charge in [-0.05, 0) is 23.3 Å². The van der Waals surface area contributed by atoms with Crippen LogP contribution in [0.5, 0.6) is 0 Å². The zero-order chi connectivity index (χ0) is 16.4. The highest BCUT2D eigenvalue weighted by Crippen LogP contribution is 2.35. The van der Waals surface area contributed by atoms with Gasteiger partial charge in [0.15, 0.2) is 0 Å². The van der Waals surface area contributed by atoms with E-state index in [0.717, 1.165) is 5.56 Å². The third kappa shape index (κ3) is 3.44. The normalized spacial score (nSPS) is 15.9. The summed E-state index contributed by atoms with van der Waals surface area (Å²) in [6.07, 6.45) is -0.446. The lowest BCUT2D eigenvalue weighted by molar-refractivity contribution is -0.0949. The first-order valence-electron chi connectivity index (χ1n) is 7.11. The van der Waals surface area contributed by atoms with Crippen molar-refractivity contribution in [2.75, 3.05) is 13.1 Å². The first kappa shape index (κ1) is 16.1. The molecule has 6 heteroatoms. The van der Waals surface area contributed by atoms with E-state index in [1.165, 1.54) is 4.90 Å². The van der Waals surface area contributed by atoms with Crippen molar-refractivity contribution in [3.8, 4) is 0 Å². The fourth-order valence-corrected chi connectivity index (χ4v) is 2.79. The molecule has 3 rings (SSSR count). The Morgan fingerprint density at radius 2 is 1.83 bits per heavy atom. The van der Waals surface area contributed by atoms with Gasteiger partial charge in [0.25, 0.3) is 0 Å². The molecular formula is C17H15Cl2NO3. The minimum Gasteiger partial charge on any atom is -0.445 e. The number of hydrogen-bond donors (Lipinski definition) is 1. The highest BCUT2D eigenvalue weighted by atomic mass is 35.5. The van der Waals surface area contributed by atoms with E-state index in [0.29, 0.717) is 15.6 Å². The van der Waals surface area contributed by atoms with Crippen molar-refractivity contribution in [3.63, 3.8) is 0 Å². The van der Waals surface area contributed by atoms with Crippen molar-refractivity contribution in [2.24, 2.45) is 0 Å². The Hall–Kier alpha value is -1.75. The molecule has 2 aromatic carbocycles. The fraction of sp³-hybridized carbons (Fsp3) is 0.235. The van der Waals surface area contributed by atoms with Gasteiger partial charge in [-0.3, -0.25) is 0 Å². The van der Waals surface area contributed by atoms with E-state index in [-0.39, 0.29) is 19.7 Å². The molecule has 1 fully saturated rings. The van der Waals surface area contributed by atoms with Crippen LogP contribution in [0.25, 0.3) is 0 Å². The highest BCUT2D eigenvalue weighted by Gasteiger charge is 2.45. The molecule has 0 aliphatic carbocycles. The monoisotopic (exact) mass is 351 g/mol. The summed E-state index contributed by atoms with van der Waals surface area (Å²) in [7, 11) is 0. The number of aliphatic hydroxyl groups is 1. The van der Waals surface area contributed by atoms with E-state index in [1.54, 1.807) is 18.2 Å². The van der Waals surface area contributed by atoms with Crippen LogP contribution in [-0.2, 0) is 16.9 Å². The smallest absolute Gasteiger partial charge is 0.410 e. The van der Waals surface area contributed by atoms with Crippen LogP contribution in [0.4, 0.5) is 4.79 Å². The third-order valence-electron chi connectivity index (χ3n) is 3.83. The molecule has 4 nitrogen and oxygen atoms in total. The van der Waals surface area contributed by atoms with Gasteiger partial charge in [0.1, 0.15) is 12.2 Å². The predicted molar refractivity (Wildman–Crippen MR) is 88.6 cm³/mol. The van der Waals surface area contributed by atoms with E-state index in [2.05, 4.69) is 0 Å². The van der Waals surface area contributed by atoms with Gasteiger partial charge in [-0.15, -0.1) is 0 Å². The number of ether oxygens (including phenoxy) is 1. The van der Waals surface area contributed by atoms with Crippen molar-refractivity contribution in [3.05, 3.63) is 69.7 Å². The van der Waals surface area contributed by atoms with E-state index < -0.39 is 11.7 Å². The number of hydrogen-bond acceptors (Lipinski definition) is 3. The Kier molecular flexibility index (Phi) is 4.48. The van der Waals surface area contributed by atoms with Crippen LogP contribution in [0, 0.1) is 0 Å². The molecule has 1 saturated heterocycles. The van der Waals surface area contributed by atoms with Crippen LogP contribution in [0.15, 0.2) is 48.5 Å². The van der Waals surface area contributed by atoms with Gasteiger partial charge < -0.3 is 14.7 Å². The van der Waals surface area contributed by atoms with Gasteiger partial charge in [-0.2, -0.15) is 0 Å². The number of nitrogens with zero attached hydrogens (tertiary/aromatic N) is 1. The molecule has 0 unspecified atom stereocenters. The van der Waals surface area contributed by atoms with Crippen LogP contribution in [0.2, 0.25) is 10.0 Å². The summed E-state index contributed by atoms with van der Waals surface area (Å²) in [5.74, 6) is 0. The van der Waals surface area contributed by atoms with Gasteiger partial charge >= 0.3 is 6.09 Å². The Labute approximate surface area is 144 Å². The number of benzene rings is 2.